The third kappa shape index (κ3) is 6.40. The van der Waals surface area contributed by atoms with E-state index in [1.54, 1.807) is 0 Å². The van der Waals surface area contributed by atoms with Gasteiger partial charge in [0.15, 0.2) is 0 Å². The van der Waals surface area contributed by atoms with E-state index in [0.29, 0.717) is 4.99 Å². The SMILES string of the molecule is CCCC(=S)N=S.Cl. The van der Waals surface area contributed by atoms with Gasteiger partial charge in [0.2, 0.25) is 0 Å². The van der Waals surface area contributed by atoms with Gasteiger partial charge in [-0.2, -0.15) is 4.36 Å². The van der Waals surface area contributed by atoms with Gasteiger partial charge in [-0.3, -0.25) is 0 Å². The molecule has 0 fully saturated rings. The Kier molecular flexibility index (Phi) is 10.4. The molecule has 48 valence electrons. The van der Waals surface area contributed by atoms with Crippen LogP contribution >= 0.6 is 24.6 Å². The lowest BCUT2D eigenvalue weighted by Crippen LogP contribution is -1.83. The fourth-order valence-electron chi connectivity index (χ4n) is 0.260. The lowest BCUT2D eigenvalue weighted by atomic mass is 10.3. The summed E-state index contributed by atoms with van der Waals surface area (Å²) in [5.41, 5.74) is 0. The molecule has 0 aromatic heterocycles. The predicted octanol–water partition coefficient (Wildman–Crippen LogP) is 2.27. The zero-order valence-corrected chi connectivity index (χ0v) is 7.04. The first-order valence-electron chi connectivity index (χ1n) is 2.17. The summed E-state index contributed by atoms with van der Waals surface area (Å²) in [5, 5.41) is 0. The van der Waals surface area contributed by atoms with Crippen molar-refractivity contribution in [1.29, 1.82) is 0 Å². The summed E-state index contributed by atoms with van der Waals surface area (Å²) in [6.45, 7) is 2.05. The van der Waals surface area contributed by atoms with E-state index in [9.17, 15) is 0 Å². The van der Waals surface area contributed by atoms with Crippen LogP contribution in [0.3, 0.4) is 0 Å². The van der Waals surface area contributed by atoms with Crippen LogP contribution in [0.25, 0.3) is 0 Å². The summed E-state index contributed by atoms with van der Waals surface area (Å²) in [5.74, 6) is 0. The molecule has 0 aromatic carbocycles. The average molecular weight is 170 g/mol. The monoisotopic (exact) mass is 169 g/mol. The minimum Gasteiger partial charge on any atom is -0.174 e. The molecule has 0 aliphatic carbocycles. The van der Waals surface area contributed by atoms with E-state index in [1.165, 1.54) is 0 Å². The van der Waals surface area contributed by atoms with Gasteiger partial charge in [-0.05, 0) is 6.42 Å². The second-order valence-corrected chi connectivity index (χ2v) is 1.89. The van der Waals surface area contributed by atoms with Crippen molar-refractivity contribution in [2.24, 2.45) is 4.36 Å². The van der Waals surface area contributed by atoms with Crippen LogP contribution < -0.4 is 0 Å². The lowest BCUT2D eigenvalue weighted by Gasteiger charge is -1.84. The molecular formula is C4H8ClNS2. The van der Waals surface area contributed by atoms with Crippen LogP contribution in [-0.2, 0) is 12.4 Å². The minimum absolute atomic E-state index is 0. The molecule has 1 nitrogen and oxygen atoms in total. The second-order valence-electron chi connectivity index (χ2n) is 1.24. The molecule has 0 heterocycles. The van der Waals surface area contributed by atoms with Gasteiger partial charge < -0.3 is 0 Å². The molecule has 0 rings (SSSR count). The Morgan fingerprint density at radius 1 is 1.62 bits per heavy atom. The van der Waals surface area contributed by atoms with E-state index in [1.807, 2.05) is 6.92 Å². The normalized spacial score (nSPS) is 7.12. The van der Waals surface area contributed by atoms with Gasteiger partial charge in [-0.1, -0.05) is 19.1 Å². The summed E-state index contributed by atoms with van der Waals surface area (Å²) in [7, 11) is 0. The zero-order chi connectivity index (χ0) is 5.70. The number of thiocarbonyl (C=S) groups is 1. The number of halogens is 1. The molecule has 0 saturated carbocycles. The van der Waals surface area contributed by atoms with Crippen LogP contribution in [0.4, 0.5) is 0 Å². The topological polar surface area (TPSA) is 12.4 Å². The maximum Gasteiger partial charge on any atom is 0.117 e. The van der Waals surface area contributed by atoms with Crippen molar-refractivity contribution < 1.29 is 0 Å². The fourth-order valence-corrected chi connectivity index (χ4v) is 0.555. The minimum atomic E-state index is 0. The van der Waals surface area contributed by atoms with Crippen molar-refractivity contribution in [2.75, 3.05) is 0 Å². The van der Waals surface area contributed by atoms with Crippen molar-refractivity contribution in [1.82, 2.24) is 0 Å². The molecule has 4 heteroatoms. The van der Waals surface area contributed by atoms with Crippen molar-refractivity contribution in [3.8, 4) is 0 Å². The highest BCUT2D eigenvalue weighted by molar-refractivity contribution is 7.80. The summed E-state index contributed by atoms with van der Waals surface area (Å²) in [6, 6.07) is 0. The molecular weight excluding hydrogens is 162 g/mol. The second kappa shape index (κ2) is 7.40. The molecule has 0 aliphatic heterocycles. The molecule has 8 heavy (non-hydrogen) atoms. The maximum atomic E-state index is 4.68. The van der Waals surface area contributed by atoms with Gasteiger partial charge in [-0.15, -0.1) is 12.4 Å². The van der Waals surface area contributed by atoms with Crippen molar-refractivity contribution in [3.05, 3.63) is 0 Å². The number of nitrogens with zero attached hydrogens (tertiary/aromatic N) is 1. The zero-order valence-electron chi connectivity index (χ0n) is 4.59. The average Bonchev–Trinajstić information content (AvgIpc) is 1.68. The number of rotatable bonds is 2. The molecule has 0 radical (unpaired) electrons. The van der Waals surface area contributed by atoms with Gasteiger partial charge in [0.25, 0.3) is 0 Å². The van der Waals surface area contributed by atoms with Gasteiger partial charge in [0.1, 0.15) is 4.99 Å². The summed E-state index contributed by atoms with van der Waals surface area (Å²) in [4.78, 5) is 0.650. The first kappa shape index (κ1) is 11.2. The quantitative estimate of drug-likeness (QED) is 0.588. The highest BCUT2D eigenvalue weighted by Gasteiger charge is 1.85. The van der Waals surface area contributed by atoms with Crippen LogP contribution in [0.1, 0.15) is 19.8 Å². The summed E-state index contributed by atoms with van der Waals surface area (Å²) >= 11 is 9.01. The third-order valence-electron chi connectivity index (χ3n) is 0.566. The Balaban J connectivity index is 0. The first-order valence-corrected chi connectivity index (χ1v) is 2.94. The molecule has 0 saturated heterocycles. The van der Waals surface area contributed by atoms with Gasteiger partial charge in [0, 0.05) is 18.8 Å². The molecule has 0 aliphatic rings. The van der Waals surface area contributed by atoms with Crippen molar-refractivity contribution in [2.45, 2.75) is 19.8 Å². The van der Waals surface area contributed by atoms with Gasteiger partial charge >= 0.3 is 0 Å². The summed E-state index contributed by atoms with van der Waals surface area (Å²) < 4.78 is 3.39. The van der Waals surface area contributed by atoms with Crippen LogP contribution in [-0.4, -0.2) is 4.99 Å². The van der Waals surface area contributed by atoms with Gasteiger partial charge in [0.05, 0.1) is 0 Å². The molecule has 0 amide bonds. The Morgan fingerprint density at radius 3 is 2.25 bits per heavy atom. The first-order chi connectivity index (χ1) is 3.31. The highest BCUT2D eigenvalue weighted by Crippen LogP contribution is 1.90. The molecule has 0 bridgehead atoms. The third-order valence-corrected chi connectivity index (χ3v) is 1.20. The molecule has 0 unspecified atom stereocenters. The standard InChI is InChI=1S/C4H7NS2.ClH/c1-2-3-4(6)5-7;/h2-3H2,1H3;1H. The smallest absolute Gasteiger partial charge is 0.117 e. The fraction of sp³-hybridized carbons (Fsp3) is 0.750. The Hall–Kier alpha value is 0.400. The van der Waals surface area contributed by atoms with E-state index < -0.39 is 0 Å². The molecule has 0 atom stereocenters. The van der Waals surface area contributed by atoms with E-state index in [0.717, 1.165) is 12.8 Å². The largest absolute Gasteiger partial charge is 0.174 e. The van der Waals surface area contributed by atoms with Crippen LogP contribution in [0.5, 0.6) is 0 Å². The molecule has 0 aromatic rings. The van der Waals surface area contributed by atoms with Crippen LogP contribution in [0.2, 0.25) is 0 Å². The van der Waals surface area contributed by atoms with Crippen LogP contribution in [0.15, 0.2) is 4.36 Å². The maximum absolute atomic E-state index is 4.68. The van der Waals surface area contributed by atoms with Crippen molar-refractivity contribution >= 4 is 42.0 Å². The lowest BCUT2D eigenvalue weighted by molar-refractivity contribution is 0.999. The van der Waals surface area contributed by atoms with E-state index >= 15 is 0 Å². The number of hydrogen-bond acceptors (Lipinski definition) is 2. The highest BCUT2D eigenvalue weighted by atomic mass is 35.5. The summed E-state index contributed by atoms with van der Waals surface area (Å²) in [6.07, 6.45) is 1.90. The Morgan fingerprint density at radius 2 is 2.12 bits per heavy atom. The molecule has 0 spiro atoms. The van der Waals surface area contributed by atoms with Gasteiger partial charge in [-0.25, -0.2) is 0 Å². The predicted molar refractivity (Wildman–Crippen MR) is 44.5 cm³/mol. The number of hydrogen-bond donors (Lipinski definition) is 0. The Labute approximate surface area is 66.4 Å². The van der Waals surface area contributed by atoms with E-state index in [2.05, 4.69) is 29.0 Å². The Bertz CT molecular complexity index is 84.1. The van der Waals surface area contributed by atoms with Crippen molar-refractivity contribution in [3.63, 3.8) is 0 Å². The van der Waals surface area contributed by atoms with Crippen LogP contribution in [0, 0.1) is 0 Å². The molecule has 0 N–H and O–H groups in total. The van der Waals surface area contributed by atoms with E-state index in [-0.39, 0.29) is 12.4 Å². The van der Waals surface area contributed by atoms with E-state index in [4.69, 9.17) is 0 Å².